The van der Waals surface area contributed by atoms with Crippen LogP contribution in [0, 0.1) is 18.3 Å². The van der Waals surface area contributed by atoms with Crippen LogP contribution in [-0.2, 0) is 0 Å². The third-order valence-electron chi connectivity index (χ3n) is 1.35. The normalized spacial score (nSPS) is 9.09. The molecule has 0 unspecified atom stereocenters. The fourth-order valence-corrected chi connectivity index (χ4v) is 0.863. The van der Waals surface area contributed by atoms with Crippen molar-refractivity contribution in [2.45, 2.75) is 6.92 Å². The third kappa shape index (κ3) is 1.24. The highest BCUT2D eigenvalue weighted by atomic mass is 16.3. The maximum atomic E-state index is 9.09. The van der Waals surface area contributed by atoms with Crippen LogP contribution in [0.1, 0.15) is 11.1 Å². The fraction of sp³-hybridized carbons (Fsp3) is 0.125. The van der Waals surface area contributed by atoms with Crippen LogP contribution in [0.5, 0.6) is 11.5 Å². The Bertz CT molecular complexity index is 302. The fourth-order valence-electron chi connectivity index (χ4n) is 0.863. The molecule has 56 valence electrons. The molecule has 0 bridgehead atoms. The molecule has 0 aromatic heterocycles. The molecule has 3 heteroatoms. The number of nitrogens with zero attached hydrogens (tertiary/aromatic N) is 1. The van der Waals surface area contributed by atoms with E-state index in [4.69, 9.17) is 15.5 Å². The van der Waals surface area contributed by atoms with Crippen LogP contribution in [0.25, 0.3) is 0 Å². The molecule has 0 spiro atoms. The lowest BCUT2D eigenvalue weighted by atomic mass is 10.1. The quantitative estimate of drug-likeness (QED) is 0.584. The van der Waals surface area contributed by atoms with E-state index in [9.17, 15) is 0 Å². The van der Waals surface area contributed by atoms with Crippen molar-refractivity contribution in [2.75, 3.05) is 0 Å². The first-order valence-corrected chi connectivity index (χ1v) is 3.08. The summed E-state index contributed by atoms with van der Waals surface area (Å²) in [4.78, 5) is 0. The molecular formula is C8H7NO2. The minimum Gasteiger partial charge on any atom is -0.506 e. The van der Waals surface area contributed by atoms with Crippen molar-refractivity contribution in [3.8, 4) is 17.6 Å². The van der Waals surface area contributed by atoms with Gasteiger partial charge in [0.1, 0.15) is 23.1 Å². The van der Waals surface area contributed by atoms with E-state index in [1.165, 1.54) is 12.1 Å². The van der Waals surface area contributed by atoms with Gasteiger partial charge < -0.3 is 10.2 Å². The molecule has 0 fully saturated rings. The Labute approximate surface area is 64.1 Å². The van der Waals surface area contributed by atoms with Gasteiger partial charge in [0, 0.05) is 0 Å². The molecule has 11 heavy (non-hydrogen) atoms. The maximum Gasteiger partial charge on any atom is 0.137 e. The van der Waals surface area contributed by atoms with Crippen LogP contribution in [0.2, 0.25) is 0 Å². The maximum absolute atomic E-state index is 9.09. The van der Waals surface area contributed by atoms with Crippen molar-refractivity contribution in [1.29, 1.82) is 5.26 Å². The van der Waals surface area contributed by atoms with E-state index < -0.39 is 0 Å². The Morgan fingerprint density at radius 2 is 1.73 bits per heavy atom. The number of rotatable bonds is 0. The van der Waals surface area contributed by atoms with Crippen molar-refractivity contribution in [3.05, 3.63) is 23.3 Å². The summed E-state index contributed by atoms with van der Waals surface area (Å²) in [7, 11) is 0. The van der Waals surface area contributed by atoms with Gasteiger partial charge in [0.25, 0.3) is 0 Å². The van der Waals surface area contributed by atoms with E-state index in [0.717, 1.165) is 5.56 Å². The van der Waals surface area contributed by atoms with E-state index in [2.05, 4.69) is 0 Å². The Morgan fingerprint density at radius 3 is 2.09 bits per heavy atom. The summed E-state index contributed by atoms with van der Waals surface area (Å²) in [6.07, 6.45) is 0. The van der Waals surface area contributed by atoms with E-state index >= 15 is 0 Å². The average molecular weight is 149 g/mol. The predicted molar refractivity (Wildman–Crippen MR) is 39.2 cm³/mol. The summed E-state index contributed by atoms with van der Waals surface area (Å²) >= 11 is 0. The molecular weight excluding hydrogens is 142 g/mol. The molecule has 0 aliphatic rings. The zero-order valence-corrected chi connectivity index (χ0v) is 6.00. The molecule has 0 aliphatic heterocycles. The minimum absolute atomic E-state index is 0.0735. The van der Waals surface area contributed by atoms with E-state index in [1.54, 1.807) is 13.0 Å². The van der Waals surface area contributed by atoms with Crippen LogP contribution in [-0.4, -0.2) is 10.2 Å². The highest BCUT2D eigenvalue weighted by molar-refractivity contribution is 5.53. The number of phenolic OH excluding ortho intramolecular Hbond substituents is 2. The van der Waals surface area contributed by atoms with E-state index in [-0.39, 0.29) is 17.1 Å². The van der Waals surface area contributed by atoms with Crippen LogP contribution >= 0.6 is 0 Å². The predicted octanol–water partition coefficient (Wildman–Crippen LogP) is 1.28. The second kappa shape index (κ2) is 2.51. The first-order valence-electron chi connectivity index (χ1n) is 3.08. The number of aromatic hydroxyl groups is 2. The lowest BCUT2D eigenvalue weighted by molar-refractivity contribution is 0.446. The second-order valence-corrected chi connectivity index (χ2v) is 2.29. The Morgan fingerprint density at radius 1 is 1.27 bits per heavy atom. The molecule has 1 rings (SSSR count). The van der Waals surface area contributed by atoms with Gasteiger partial charge in [0.15, 0.2) is 0 Å². The first kappa shape index (κ1) is 7.42. The monoisotopic (exact) mass is 149 g/mol. The van der Waals surface area contributed by atoms with Gasteiger partial charge in [0.2, 0.25) is 0 Å². The Kier molecular flexibility index (Phi) is 1.69. The molecule has 1 aromatic rings. The summed E-state index contributed by atoms with van der Waals surface area (Å²) in [5.41, 5.74) is 0.648. The van der Waals surface area contributed by atoms with Gasteiger partial charge in [-0.3, -0.25) is 0 Å². The van der Waals surface area contributed by atoms with Crippen molar-refractivity contribution >= 4 is 0 Å². The first-order chi connectivity index (χ1) is 5.15. The van der Waals surface area contributed by atoms with Crippen molar-refractivity contribution in [1.82, 2.24) is 0 Å². The standard InChI is InChI=1S/C8H7NO2/c1-5-2-7(10)6(4-9)8(11)3-5/h2-3,10-11H,1H3. The van der Waals surface area contributed by atoms with E-state index in [0.29, 0.717) is 0 Å². The van der Waals surface area contributed by atoms with Gasteiger partial charge >= 0.3 is 0 Å². The molecule has 0 atom stereocenters. The number of benzene rings is 1. The summed E-state index contributed by atoms with van der Waals surface area (Å²) in [5, 5.41) is 26.6. The topological polar surface area (TPSA) is 64.2 Å². The highest BCUT2D eigenvalue weighted by Crippen LogP contribution is 2.26. The van der Waals surface area contributed by atoms with E-state index in [1.807, 2.05) is 0 Å². The number of nitriles is 1. The Hall–Kier alpha value is -1.69. The van der Waals surface area contributed by atoms with Crippen LogP contribution in [0.3, 0.4) is 0 Å². The molecule has 0 aliphatic carbocycles. The van der Waals surface area contributed by atoms with Crippen molar-refractivity contribution in [3.63, 3.8) is 0 Å². The number of aryl methyl sites for hydroxylation is 1. The van der Waals surface area contributed by atoms with Gasteiger partial charge in [-0.2, -0.15) is 5.26 Å². The number of hydrogen-bond acceptors (Lipinski definition) is 3. The van der Waals surface area contributed by atoms with Gasteiger partial charge in [-0.05, 0) is 24.6 Å². The van der Waals surface area contributed by atoms with Crippen LogP contribution < -0.4 is 0 Å². The third-order valence-corrected chi connectivity index (χ3v) is 1.35. The largest absolute Gasteiger partial charge is 0.506 e. The van der Waals surface area contributed by atoms with Gasteiger partial charge in [-0.25, -0.2) is 0 Å². The summed E-state index contributed by atoms with van der Waals surface area (Å²) in [6, 6.07) is 4.55. The highest BCUT2D eigenvalue weighted by Gasteiger charge is 2.05. The van der Waals surface area contributed by atoms with Gasteiger partial charge in [-0.1, -0.05) is 0 Å². The molecule has 1 aromatic carbocycles. The molecule has 0 saturated heterocycles. The second-order valence-electron chi connectivity index (χ2n) is 2.29. The van der Waals surface area contributed by atoms with Crippen LogP contribution in [0.15, 0.2) is 12.1 Å². The molecule has 0 amide bonds. The smallest absolute Gasteiger partial charge is 0.137 e. The zero-order chi connectivity index (χ0) is 8.43. The molecule has 2 N–H and O–H groups in total. The molecule has 3 nitrogen and oxygen atoms in total. The molecule has 0 saturated carbocycles. The zero-order valence-electron chi connectivity index (χ0n) is 6.00. The SMILES string of the molecule is Cc1cc(O)c(C#N)c(O)c1. The number of phenols is 2. The molecule has 0 radical (unpaired) electrons. The Balaban J connectivity index is 3.40. The minimum atomic E-state index is -0.176. The lowest BCUT2D eigenvalue weighted by Gasteiger charge is -1.99. The van der Waals surface area contributed by atoms with Crippen LogP contribution in [0.4, 0.5) is 0 Å². The van der Waals surface area contributed by atoms with Gasteiger partial charge in [0.05, 0.1) is 0 Å². The van der Waals surface area contributed by atoms with Crippen molar-refractivity contribution in [2.24, 2.45) is 0 Å². The number of hydrogen-bond donors (Lipinski definition) is 2. The van der Waals surface area contributed by atoms with Crippen molar-refractivity contribution < 1.29 is 10.2 Å². The average Bonchev–Trinajstić information content (AvgIpc) is 1.85. The summed E-state index contributed by atoms with van der Waals surface area (Å²) in [5.74, 6) is -0.352. The van der Waals surface area contributed by atoms with Gasteiger partial charge in [-0.15, -0.1) is 0 Å². The lowest BCUT2D eigenvalue weighted by Crippen LogP contribution is -1.80. The summed E-state index contributed by atoms with van der Waals surface area (Å²) < 4.78 is 0. The molecule has 0 heterocycles. The summed E-state index contributed by atoms with van der Waals surface area (Å²) in [6.45, 7) is 1.72.